The Morgan fingerprint density at radius 1 is 1.22 bits per heavy atom. The molecule has 0 bridgehead atoms. The van der Waals surface area contributed by atoms with E-state index in [-0.39, 0.29) is 0 Å². The summed E-state index contributed by atoms with van der Waals surface area (Å²) in [6.45, 7) is 2.20. The van der Waals surface area contributed by atoms with Gasteiger partial charge in [-0.05, 0) is 0 Å². The lowest BCUT2D eigenvalue weighted by molar-refractivity contribution is -0.0376. The fraction of sp³-hybridized carbons (Fsp3) is 1.00. The largest absolute Gasteiger partial charge is 0.373 e. The summed E-state index contributed by atoms with van der Waals surface area (Å²) in [4.78, 5) is 0. The standard InChI is InChI=1S/C6H11NO2/c7-3-4-5-6(4)9-2-1-8-5/h4-6H,1-3,7H2/t5-,6-/m1/s1. The third kappa shape index (κ3) is 0.764. The van der Waals surface area contributed by atoms with E-state index in [1.807, 2.05) is 0 Å². The van der Waals surface area contributed by atoms with Crippen molar-refractivity contribution < 1.29 is 9.47 Å². The van der Waals surface area contributed by atoms with Gasteiger partial charge in [0.2, 0.25) is 0 Å². The maximum atomic E-state index is 5.43. The second-order valence-electron chi connectivity index (χ2n) is 2.57. The molecule has 0 aromatic heterocycles. The summed E-state index contributed by atoms with van der Waals surface area (Å²) >= 11 is 0. The highest BCUT2D eigenvalue weighted by molar-refractivity contribution is 5.02. The third-order valence-electron chi connectivity index (χ3n) is 2.00. The second kappa shape index (κ2) is 1.94. The molecule has 0 unspecified atom stereocenters. The van der Waals surface area contributed by atoms with Crippen molar-refractivity contribution in [3.05, 3.63) is 0 Å². The quantitative estimate of drug-likeness (QED) is 0.512. The first-order valence-corrected chi connectivity index (χ1v) is 3.37. The molecular weight excluding hydrogens is 118 g/mol. The zero-order chi connectivity index (χ0) is 6.27. The normalized spacial score (nSPS) is 48.3. The summed E-state index contributed by atoms with van der Waals surface area (Å²) in [5.74, 6) is 0.493. The van der Waals surface area contributed by atoms with Gasteiger partial charge < -0.3 is 15.2 Å². The summed E-state index contributed by atoms with van der Waals surface area (Å²) in [5.41, 5.74) is 5.43. The summed E-state index contributed by atoms with van der Waals surface area (Å²) < 4.78 is 10.7. The smallest absolute Gasteiger partial charge is 0.0908 e. The van der Waals surface area contributed by atoms with E-state index < -0.39 is 0 Å². The first kappa shape index (κ1) is 5.65. The highest BCUT2D eigenvalue weighted by atomic mass is 16.6. The Morgan fingerprint density at radius 2 is 1.78 bits per heavy atom. The van der Waals surface area contributed by atoms with E-state index in [0.29, 0.717) is 24.7 Å². The van der Waals surface area contributed by atoms with E-state index in [1.165, 1.54) is 0 Å². The number of hydrogen-bond acceptors (Lipinski definition) is 3. The van der Waals surface area contributed by atoms with Crippen LogP contribution in [0.3, 0.4) is 0 Å². The summed E-state index contributed by atoms with van der Waals surface area (Å²) in [5, 5.41) is 0. The summed E-state index contributed by atoms with van der Waals surface area (Å²) in [6, 6.07) is 0. The van der Waals surface area contributed by atoms with Gasteiger partial charge >= 0.3 is 0 Å². The SMILES string of the molecule is NCC1[C@H]2OCCO[C@H]12. The van der Waals surface area contributed by atoms with Gasteiger partial charge in [0.05, 0.1) is 25.4 Å². The van der Waals surface area contributed by atoms with Crippen LogP contribution in [-0.4, -0.2) is 32.0 Å². The van der Waals surface area contributed by atoms with Crippen LogP contribution in [0.1, 0.15) is 0 Å². The molecule has 0 aromatic rings. The van der Waals surface area contributed by atoms with Crippen LogP contribution in [0.4, 0.5) is 0 Å². The molecule has 3 heteroatoms. The number of hydrogen-bond donors (Lipinski definition) is 1. The molecule has 1 heterocycles. The molecule has 2 N–H and O–H groups in total. The van der Waals surface area contributed by atoms with Crippen LogP contribution >= 0.6 is 0 Å². The van der Waals surface area contributed by atoms with Crippen molar-refractivity contribution in [1.82, 2.24) is 0 Å². The monoisotopic (exact) mass is 129 g/mol. The minimum absolute atomic E-state index is 0.337. The van der Waals surface area contributed by atoms with E-state index in [1.54, 1.807) is 0 Å². The fourth-order valence-electron chi connectivity index (χ4n) is 1.39. The van der Waals surface area contributed by atoms with Gasteiger partial charge in [-0.25, -0.2) is 0 Å². The molecule has 1 saturated heterocycles. The maximum Gasteiger partial charge on any atom is 0.0908 e. The van der Waals surface area contributed by atoms with Crippen molar-refractivity contribution in [2.75, 3.05) is 19.8 Å². The van der Waals surface area contributed by atoms with Crippen molar-refractivity contribution in [1.29, 1.82) is 0 Å². The Labute approximate surface area is 54.1 Å². The van der Waals surface area contributed by atoms with Crippen molar-refractivity contribution in [3.8, 4) is 0 Å². The molecule has 52 valence electrons. The molecule has 9 heavy (non-hydrogen) atoms. The molecule has 0 spiro atoms. The van der Waals surface area contributed by atoms with Gasteiger partial charge in [-0.3, -0.25) is 0 Å². The van der Waals surface area contributed by atoms with Gasteiger partial charge in [0, 0.05) is 12.5 Å². The lowest BCUT2D eigenvalue weighted by Gasteiger charge is -2.09. The number of fused-ring (bicyclic) bond motifs is 1. The van der Waals surface area contributed by atoms with Crippen LogP contribution in [-0.2, 0) is 9.47 Å². The Kier molecular flexibility index (Phi) is 1.22. The molecule has 2 rings (SSSR count). The molecule has 3 nitrogen and oxygen atoms in total. The third-order valence-corrected chi connectivity index (χ3v) is 2.00. The predicted molar refractivity (Wildman–Crippen MR) is 32.0 cm³/mol. The molecule has 0 radical (unpaired) electrons. The Morgan fingerprint density at radius 3 is 2.22 bits per heavy atom. The Bertz CT molecular complexity index is 98.9. The van der Waals surface area contributed by atoms with E-state index in [9.17, 15) is 0 Å². The van der Waals surface area contributed by atoms with Crippen LogP contribution in [0, 0.1) is 5.92 Å². The molecule has 1 aliphatic heterocycles. The molecule has 1 saturated carbocycles. The first-order chi connectivity index (χ1) is 4.43. The average Bonchev–Trinajstić information content (AvgIpc) is 2.60. The van der Waals surface area contributed by atoms with Gasteiger partial charge in [-0.15, -0.1) is 0 Å². The highest BCUT2D eigenvalue weighted by Crippen LogP contribution is 2.38. The van der Waals surface area contributed by atoms with Crippen LogP contribution in [0.5, 0.6) is 0 Å². The number of rotatable bonds is 1. The van der Waals surface area contributed by atoms with Crippen LogP contribution < -0.4 is 5.73 Å². The van der Waals surface area contributed by atoms with Crippen molar-refractivity contribution in [2.45, 2.75) is 12.2 Å². The fourth-order valence-corrected chi connectivity index (χ4v) is 1.39. The second-order valence-corrected chi connectivity index (χ2v) is 2.57. The molecule has 0 amide bonds. The molecule has 2 aliphatic rings. The van der Waals surface area contributed by atoms with E-state index in [0.717, 1.165) is 13.2 Å². The van der Waals surface area contributed by atoms with Crippen molar-refractivity contribution in [2.24, 2.45) is 11.7 Å². The first-order valence-electron chi connectivity index (χ1n) is 3.37. The lowest BCUT2D eigenvalue weighted by atomic mass is 10.4. The lowest BCUT2D eigenvalue weighted by Crippen LogP contribution is -2.16. The van der Waals surface area contributed by atoms with Gasteiger partial charge in [-0.1, -0.05) is 0 Å². The van der Waals surface area contributed by atoms with E-state index in [4.69, 9.17) is 15.2 Å². The van der Waals surface area contributed by atoms with Crippen LogP contribution in [0.15, 0.2) is 0 Å². The Balaban J connectivity index is 1.91. The zero-order valence-electron chi connectivity index (χ0n) is 5.25. The minimum atomic E-state index is 0.337. The topological polar surface area (TPSA) is 44.5 Å². The van der Waals surface area contributed by atoms with Crippen LogP contribution in [0.25, 0.3) is 0 Å². The minimum Gasteiger partial charge on any atom is -0.373 e. The summed E-state index contributed by atoms with van der Waals surface area (Å²) in [6.07, 6.45) is 0.674. The molecule has 0 aromatic carbocycles. The maximum absolute atomic E-state index is 5.43. The molecule has 2 atom stereocenters. The van der Waals surface area contributed by atoms with E-state index >= 15 is 0 Å². The molecular formula is C6H11NO2. The van der Waals surface area contributed by atoms with Crippen LogP contribution in [0.2, 0.25) is 0 Å². The number of nitrogens with two attached hydrogens (primary N) is 1. The number of ether oxygens (including phenoxy) is 2. The Hall–Kier alpha value is -0.120. The average molecular weight is 129 g/mol. The zero-order valence-corrected chi connectivity index (χ0v) is 5.25. The van der Waals surface area contributed by atoms with Gasteiger partial charge in [0.25, 0.3) is 0 Å². The van der Waals surface area contributed by atoms with Gasteiger partial charge in [-0.2, -0.15) is 0 Å². The molecule has 2 fully saturated rings. The highest BCUT2D eigenvalue weighted by Gasteiger charge is 2.53. The summed E-state index contributed by atoms with van der Waals surface area (Å²) in [7, 11) is 0. The van der Waals surface area contributed by atoms with Gasteiger partial charge in [0.15, 0.2) is 0 Å². The molecule has 1 aliphatic carbocycles. The van der Waals surface area contributed by atoms with Crippen molar-refractivity contribution >= 4 is 0 Å². The van der Waals surface area contributed by atoms with E-state index in [2.05, 4.69) is 0 Å². The predicted octanol–water partition coefficient (Wildman–Crippen LogP) is -0.641. The van der Waals surface area contributed by atoms with Crippen molar-refractivity contribution in [3.63, 3.8) is 0 Å². The van der Waals surface area contributed by atoms with Gasteiger partial charge in [0.1, 0.15) is 0 Å².